The minimum Gasteiger partial charge on any atom is -0.330 e. The van der Waals surface area contributed by atoms with Gasteiger partial charge in [-0.05, 0) is 5.41 Å². The van der Waals surface area contributed by atoms with Crippen LogP contribution in [0.3, 0.4) is 0 Å². The first-order chi connectivity index (χ1) is 6.95. The molecule has 0 radical (unpaired) electrons. The highest BCUT2D eigenvalue weighted by Gasteiger charge is 2.63. The molecule has 0 atom stereocenters. The summed E-state index contributed by atoms with van der Waals surface area (Å²) < 4.78 is 51.3. The smallest absolute Gasteiger partial charge is 0.329 e. The molecule has 0 aliphatic carbocycles. The van der Waals surface area contributed by atoms with Crippen LogP contribution in [0.15, 0.2) is 0 Å². The SMILES string of the molecule is CC(C)(C)CC(=O)N1CC(F)(F)C(F)(F)C1. The molecule has 1 aliphatic rings. The van der Waals surface area contributed by atoms with Crippen LogP contribution in [0.5, 0.6) is 0 Å². The molecule has 6 heteroatoms. The molecule has 2 nitrogen and oxygen atoms in total. The maximum Gasteiger partial charge on any atom is 0.329 e. The molecule has 0 bridgehead atoms. The molecule has 0 unspecified atom stereocenters. The van der Waals surface area contributed by atoms with Crippen molar-refractivity contribution in [1.82, 2.24) is 4.90 Å². The van der Waals surface area contributed by atoms with Crippen LogP contribution in [0.1, 0.15) is 27.2 Å². The first-order valence-electron chi connectivity index (χ1n) is 4.98. The minimum absolute atomic E-state index is 0.0147. The second-order valence-corrected chi connectivity index (χ2v) is 5.40. The Hall–Kier alpha value is -0.810. The average Bonchev–Trinajstić information content (AvgIpc) is 2.17. The van der Waals surface area contributed by atoms with E-state index in [-0.39, 0.29) is 6.42 Å². The van der Waals surface area contributed by atoms with Crippen molar-refractivity contribution in [3.8, 4) is 0 Å². The number of halogens is 4. The molecule has 0 spiro atoms. The number of amides is 1. The highest BCUT2D eigenvalue weighted by atomic mass is 19.3. The Morgan fingerprint density at radius 3 is 1.81 bits per heavy atom. The lowest BCUT2D eigenvalue weighted by atomic mass is 9.92. The van der Waals surface area contributed by atoms with Gasteiger partial charge in [0.15, 0.2) is 0 Å². The van der Waals surface area contributed by atoms with E-state index >= 15 is 0 Å². The van der Waals surface area contributed by atoms with Gasteiger partial charge in [-0.25, -0.2) is 0 Å². The Kier molecular flexibility index (Phi) is 2.98. The summed E-state index contributed by atoms with van der Waals surface area (Å²) in [6.45, 7) is 2.87. The number of rotatable bonds is 1. The molecule has 0 aromatic carbocycles. The van der Waals surface area contributed by atoms with E-state index < -0.39 is 36.3 Å². The second-order valence-electron chi connectivity index (χ2n) is 5.40. The van der Waals surface area contributed by atoms with Gasteiger partial charge in [-0.3, -0.25) is 4.79 Å². The molecule has 0 aromatic heterocycles. The van der Waals surface area contributed by atoms with Crippen molar-refractivity contribution in [3.05, 3.63) is 0 Å². The Labute approximate surface area is 91.6 Å². The lowest BCUT2D eigenvalue weighted by Crippen LogP contribution is -2.38. The highest BCUT2D eigenvalue weighted by molar-refractivity contribution is 5.77. The molecule has 1 saturated heterocycles. The number of hydrogen-bond acceptors (Lipinski definition) is 1. The molecule has 94 valence electrons. The summed E-state index contributed by atoms with van der Waals surface area (Å²) in [6.07, 6.45) is -0.0147. The van der Waals surface area contributed by atoms with Gasteiger partial charge in [-0.1, -0.05) is 20.8 Å². The van der Waals surface area contributed by atoms with Crippen molar-refractivity contribution in [2.24, 2.45) is 5.41 Å². The summed E-state index contributed by atoms with van der Waals surface area (Å²) in [6, 6.07) is 0. The van der Waals surface area contributed by atoms with E-state index in [0.717, 1.165) is 0 Å². The van der Waals surface area contributed by atoms with E-state index in [4.69, 9.17) is 0 Å². The van der Waals surface area contributed by atoms with Crippen LogP contribution in [0, 0.1) is 5.41 Å². The zero-order valence-corrected chi connectivity index (χ0v) is 9.49. The molecule has 16 heavy (non-hydrogen) atoms. The summed E-state index contributed by atoms with van der Waals surface area (Å²) in [5, 5.41) is 0. The predicted molar refractivity (Wildman–Crippen MR) is 50.5 cm³/mol. The molecule has 1 amide bonds. The van der Waals surface area contributed by atoms with Gasteiger partial charge < -0.3 is 4.90 Å². The van der Waals surface area contributed by atoms with Crippen molar-refractivity contribution < 1.29 is 22.4 Å². The average molecular weight is 241 g/mol. The quantitative estimate of drug-likeness (QED) is 0.646. The van der Waals surface area contributed by atoms with Gasteiger partial charge in [0.1, 0.15) is 0 Å². The normalized spacial score (nSPS) is 23.6. The van der Waals surface area contributed by atoms with Gasteiger partial charge in [0.2, 0.25) is 5.91 Å². The third-order valence-electron chi connectivity index (χ3n) is 2.35. The van der Waals surface area contributed by atoms with E-state index in [9.17, 15) is 22.4 Å². The maximum absolute atomic E-state index is 12.8. The summed E-state index contributed by atoms with van der Waals surface area (Å²) in [4.78, 5) is 12.0. The Morgan fingerprint density at radius 2 is 1.50 bits per heavy atom. The molecular formula is C10H15F4NO. The van der Waals surface area contributed by atoms with Crippen LogP contribution in [0.2, 0.25) is 0 Å². The van der Waals surface area contributed by atoms with Crippen molar-refractivity contribution >= 4 is 5.91 Å². The van der Waals surface area contributed by atoms with E-state index in [1.54, 1.807) is 20.8 Å². The first kappa shape index (κ1) is 13.3. The van der Waals surface area contributed by atoms with Crippen molar-refractivity contribution in [2.45, 2.75) is 39.0 Å². The van der Waals surface area contributed by atoms with Crippen LogP contribution in [-0.2, 0) is 4.79 Å². The monoisotopic (exact) mass is 241 g/mol. The molecule has 1 heterocycles. The molecule has 0 N–H and O–H groups in total. The van der Waals surface area contributed by atoms with Crippen LogP contribution < -0.4 is 0 Å². The third kappa shape index (κ3) is 2.65. The molecule has 1 aliphatic heterocycles. The summed E-state index contributed by atoms with van der Waals surface area (Å²) in [7, 11) is 0. The van der Waals surface area contributed by atoms with Gasteiger partial charge in [-0.15, -0.1) is 0 Å². The standard InChI is InChI=1S/C10H15F4NO/c1-8(2,3)4-7(16)15-5-9(11,12)10(13,14)6-15/h4-6H2,1-3H3. The van der Waals surface area contributed by atoms with Crippen molar-refractivity contribution in [2.75, 3.05) is 13.1 Å². The summed E-state index contributed by atoms with van der Waals surface area (Å²) >= 11 is 0. The van der Waals surface area contributed by atoms with E-state index in [2.05, 4.69) is 0 Å². The van der Waals surface area contributed by atoms with Gasteiger partial charge in [-0.2, -0.15) is 17.6 Å². The van der Waals surface area contributed by atoms with Crippen LogP contribution in [-0.4, -0.2) is 35.7 Å². The molecule has 1 rings (SSSR count). The van der Waals surface area contributed by atoms with E-state index in [1.807, 2.05) is 0 Å². The number of likely N-dealkylation sites (tertiary alicyclic amines) is 1. The fourth-order valence-electron chi connectivity index (χ4n) is 1.51. The summed E-state index contributed by atoms with van der Waals surface area (Å²) in [5.74, 6) is -8.87. The van der Waals surface area contributed by atoms with Gasteiger partial charge >= 0.3 is 11.8 Å². The minimum atomic E-state index is -4.11. The predicted octanol–water partition coefficient (Wildman–Crippen LogP) is 2.54. The molecule has 0 aromatic rings. The largest absolute Gasteiger partial charge is 0.330 e. The molecule has 1 fully saturated rings. The van der Waals surface area contributed by atoms with Gasteiger partial charge in [0, 0.05) is 6.42 Å². The maximum atomic E-state index is 12.8. The van der Waals surface area contributed by atoms with Crippen LogP contribution in [0.4, 0.5) is 17.6 Å². The first-order valence-corrected chi connectivity index (χ1v) is 4.98. The van der Waals surface area contributed by atoms with Gasteiger partial charge in [0.25, 0.3) is 0 Å². The van der Waals surface area contributed by atoms with Crippen LogP contribution in [0.25, 0.3) is 0 Å². The van der Waals surface area contributed by atoms with Crippen molar-refractivity contribution in [1.29, 1.82) is 0 Å². The number of carbonyl (C=O) groups is 1. The Balaban J connectivity index is 2.70. The fraction of sp³-hybridized carbons (Fsp3) is 0.900. The van der Waals surface area contributed by atoms with Crippen molar-refractivity contribution in [3.63, 3.8) is 0 Å². The zero-order chi connectivity index (χ0) is 12.8. The van der Waals surface area contributed by atoms with E-state index in [1.165, 1.54) is 0 Å². The lowest BCUT2D eigenvalue weighted by Gasteiger charge is -2.22. The Morgan fingerprint density at radius 1 is 1.12 bits per heavy atom. The zero-order valence-electron chi connectivity index (χ0n) is 9.49. The number of hydrogen-bond donors (Lipinski definition) is 0. The number of carbonyl (C=O) groups excluding carboxylic acids is 1. The highest BCUT2D eigenvalue weighted by Crippen LogP contribution is 2.41. The lowest BCUT2D eigenvalue weighted by molar-refractivity contribution is -0.172. The van der Waals surface area contributed by atoms with Gasteiger partial charge in [0.05, 0.1) is 13.1 Å². The summed E-state index contributed by atoms with van der Waals surface area (Å²) in [5.41, 5.74) is -0.399. The van der Waals surface area contributed by atoms with E-state index in [0.29, 0.717) is 4.90 Å². The third-order valence-corrected chi connectivity index (χ3v) is 2.35. The molecule has 0 saturated carbocycles. The topological polar surface area (TPSA) is 20.3 Å². The number of nitrogens with zero attached hydrogens (tertiary/aromatic N) is 1. The second kappa shape index (κ2) is 3.60. The fourth-order valence-corrected chi connectivity index (χ4v) is 1.51. The molecular weight excluding hydrogens is 226 g/mol. The van der Waals surface area contributed by atoms with Crippen LogP contribution >= 0.6 is 0 Å². The number of alkyl halides is 4. The Bertz CT molecular complexity index is 280.